The van der Waals surface area contributed by atoms with Crippen LogP contribution in [0.5, 0.6) is 17.2 Å². The van der Waals surface area contributed by atoms with E-state index in [1.54, 1.807) is 0 Å². The fourth-order valence-corrected chi connectivity index (χ4v) is 13.9. The predicted octanol–water partition coefficient (Wildman–Crippen LogP) is 9.80. The molecular formula is C48H32N12O29S8. The second-order valence-corrected chi connectivity index (χ2v) is 30.4. The summed E-state index contributed by atoms with van der Waals surface area (Å²) in [6.07, 6.45) is 0. The highest BCUT2D eigenvalue weighted by Gasteiger charge is 2.32. The fourth-order valence-electron chi connectivity index (χ4n) is 8.79. The minimum absolute atomic E-state index is 0.000715. The van der Waals surface area contributed by atoms with Gasteiger partial charge in [-0.1, -0.05) is 0 Å². The molecule has 9 aromatic rings. The Bertz CT molecular complexity index is 6140. The topological polar surface area (TPSA) is 688 Å². The van der Waals surface area contributed by atoms with E-state index in [0.717, 1.165) is 66.7 Å². The van der Waals surface area contributed by atoms with Crippen molar-refractivity contribution in [2.24, 2.45) is 51.1 Å². The molecule has 0 saturated carbocycles. The Morgan fingerprint density at radius 3 is 1.29 bits per heavy atom. The van der Waals surface area contributed by atoms with Crippen molar-refractivity contribution < 1.29 is 124 Å². The number of benzene rings is 9. The van der Waals surface area contributed by atoms with E-state index in [1.165, 1.54) is 0 Å². The van der Waals surface area contributed by atoms with Gasteiger partial charge in [-0.05, 0) is 115 Å². The van der Waals surface area contributed by atoms with Crippen LogP contribution in [0, 0.1) is 10.1 Å². The summed E-state index contributed by atoms with van der Waals surface area (Å²) in [4.78, 5) is 0.891. The van der Waals surface area contributed by atoms with Crippen molar-refractivity contribution in [1.29, 1.82) is 0 Å². The molecule has 0 amide bonds. The molecule has 0 aliphatic carbocycles. The van der Waals surface area contributed by atoms with Crippen LogP contribution in [-0.2, 0) is 80.9 Å². The summed E-state index contributed by atoms with van der Waals surface area (Å²) in [6.45, 7) is 0. The molecule has 0 radical (unpaired) electrons. The summed E-state index contributed by atoms with van der Waals surface area (Å²) in [5.41, 5.74) is -4.03. The fraction of sp³-hybridized carbons (Fsp3) is 0. The van der Waals surface area contributed by atoms with Crippen molar-refractivity contribution in [2.45, 2.75) is 39.2 Å². The van der Waals surface area contributed by atoms with Crippen molar-refractivity contribution in [2.75, 3.05) is 5.73 Å². The van der Waals surface area contributed by atoms with Gasteiger partial charge in [0.05, 0.1) is 38.0 Å². The lowest BCUT2D eigenvalue weighted by atomic mass is 10.0. The third kappa shape index (κ3) is 14.9. The first-order valence-electron chi connectivity index (χ1n) is 24.8. The number of nitrogens with zero attached hydrogens (tertiary/aromatic N) is 11. The second kappa shape index (κ2) is 25.0. The van der Waals surface area contributed by atoms with Crippen LogP contribution in [0.2, 0.25) is 0 Å². The van der Waals surface area contributed by atoms with Crippen molar-refractivity contribution >= 4 is 182 Å². The van der Waals surface area contributed by atoms with E-state index in [2.05, 4.69) is 51.1 Å². The van der Waals surface area contributed by atoms with Gasteiger partial charge < -0.3 is 21.1 Å². The van der Waals surface area contributed by atoms with Crippen LogP contribution in [0.1, 0.15) is 0 Å². The third-order valence-electron chi connectivity index (χ3n) is 13.0. The number of hydrogen-bond donors (Lipinski definition) is 12. The van der Waals surface area contributed by atoms with Crippen LogP contribution in [0.4, 0.5) is 68.2 Å². The number of anilines is 1. The maximum absolute atomic E-state index is 13.2. The van der Waals surface area contributed by atoms with Gasteiger partial charge in [0.15, 0.2) is 22.9 Å². The highest BCUT2D eigenvalue weighted by atomic mass is 32.2. The zero-order valence-corrected chi connectivity index (χ0v) is 53.0. The molecule has 0 spiro atoms. The number of nitrogens with two attached hydrogens (primary N) is 1. The number of phenolic OH excluding ortho intramolecular Hbond substituents is 3. The van der Waals surface area contributed by atoms with E-state index >= 15 is 0 Å². The van der Waals surface area contributed by atoms with Crippen LogP contribution in [0.25, 0.3) is 32.3 Å². The first-order chi connectivity index (χ1) is 44.6. The van der Waals surface area contributed by atoms with E-state index in [4.69, 9.17) is 5.73 Å². The Morgan fingerprint density at radius 2 is 0.742 bits per heavy atom. The molecule has 0 heterocycles. The minimum Gasteiger partial charge on any atom is -0.505 e. The third-order valence-corrected chi connectivity index (χ3v) is 20.1. The average Bonchev–Trinajstić information content (AvgIpc) is 0.744. The Kier molecular flexibility index (Phi) is 18.3. The zero-order chi connectivity index (χ0) is 71.8. The predicted molar refractivity (Wildman–Crippen MR) is 327 cm³/mol. The quantitative estimate of drug-likeness (QED) is 0.0118. The van der Waals surface area contributed by atoms with E-state index in [-0.39, 0.29) is 34.3 Å². The lowest BCUT2D eigenvalue weighted by Gasteiger charge is -2.14. The lowest BCUT2D eigenvalue weighted by Crippen LogP contribution is -2.04. The van der Waals surface area contributed by atoms with Crippen molar-refractivity contribution in [3.63, 3.8) is 0 Å². The molecule has 9 aromatic carbocycles. The van der Waals surface area contributed by atoms with Crippen LogP contribution in [-0.4, -0.2) is 124 Å². The molecule has 0 fully saturated rings. The van der Waals surface area contributed by atoms with Gasteiger partial charge in [0.1, 0.15) is 68.4 Å². The molecule has 49 heteroatoms. The Labute approximate surface area is 540 Å². The first kappa shape index (κ1) is 70.9. The molecule has 97 heavy (non-hydrogen) atoms. The van der Waals surface area contributed by atoms with Gasteiger partial charge in [-0.25, -0.2) is 0 Å². The minimum atomic E-state index is -5.79. The molecule has 0 atom stereocenters. The maximum Gasteiger partial charge on any atom is 0.298 e. The van der Waals surface area contributed by atoms with Gasteiger partial charge in [0.25, 0.3) is 86.6 Å². The number of phenols is 3. The van der Waals surface area contributed by atoms with Crippen molar-refractivity contribution in [3.8, 4) is 17.2 Å². The Hall–Kier alpha value is -10.4. The average molecular weight is 1500 g/mol. The van der Waals surface area contributed by atoms with Gasteiger partial charge >= 0.3 is 0 Å². The highest BCUT2D eigenvalue weighted by molar-refractivity contribution is 7.88. The normalized spacial score (nSPS) is 13.4. The number of nitro groups is 1. The van der Waals surface area contributed by atoms with E-state index in [1.807, 2.05) is 0 Å². The zero-order valence-electron chi connectivity index (χ0n) is 46.5. The molecule has 41 nitrogen and oxygen atoms in total. The van der Waals surface area contributed by atoms with Crippen LogP contribution >= 0.6 is 0 Å². The van der Waals surface area contributed by atoms with Crippen LogP contribution in [0.15, 0.2) is 206 Å². The molecule has 0 saturated heterocycles. The maximum atomic E-state index is 13.2. The number of nitrogen functional groups attached to an aromatic ring is 1. The van der Waals surface area contributed by atoms with Crippen LogP contribution in [0.3, 0.4) is 0 Å². The van der Waals surface area contributed by atoms with Gasteiger partial charge in [0.2, 0.25) is 0 Å². The van der Waals surface area contributed by atoms with Gasteiger partial charge in [-0.3, -0.25) is 46.5 Å². The number of aromatic hydroxyl groups is 3. The lowest BCUT2D eigenvalue weighted by molar-refractivity contribution is -0.384. The summed E-state index contributed by atoms with van der Waals surface area (Å²) in [7, 11) is -43.2. The first-order valence-corrected chi connectivity index (χ1v) is 36.3. The summed E-state index contributed by atoms with van der Waals surface area (Å²) in [5, 5.41) is 78.0. The summed E-state index contributed by atoms with van der Waals surface area (Å²) < 4.78 is 280. The smallest absolute Gasteiger partial charge is 0.298 e. The number of fused-ring (bicyclic) bond motifs is 3. The number of rotatable bonds is 19. The summed E-state index contributed by atoms with van der Waals surface area (Å²) in [5.74, 6) is -3.99. The summed E-state index contributed by atoms with van der Waals surface area (Å²) in [6, 6.07) is 14.1. The highest BCUT2D eigenvalue weighted by Crippen LogP contribution is 2.51. The molecule has 0 unspecified atom stereocenters. The van der Waals surface area contributed by atoms with Gasteiger partial charge in [-0.2, -0.15) is 82.7 Å². The van der Waals surface area contributed by atoms with Gasteiger partial charge in [-0.15, -0.1) is 35.8 Å². The van der Waals surface area contributed by atoms with Gasteiger partial charge in [0, 0.05) is 27.6 Å². The van der Waals surface area contributed by atoms with E-state index in [0.29, 0.717) is 36.4 Å². The standard InChI is InChI=1S/C48H32N12O29S8/c49-41-33(19-35(92(72,73)74)29-18-39(96(84,85)86)44(47(63)40(29)41)59-53-30-11-7-25(91(69,70)71)16-34(30)60(64)65)56-55-32-12-9-27-28(48(32)97(87,88)89)17-38(95(81,82)83)43(46(27)62)57-52-22-3-8-26-20(13-22)14-37(94(78,79)80)42(45(26)61)58-54-31-10-4-23(15-36(31)93(75,76)77)51-50-21-1-5-24(6-2-21)90(66,67)68/h1-19,61-63H,49H2,(H,66,67,68)(H,69,70,71)(H,72,73,74)(H,75,76,77)(H,78,79,80)(H,81,82,83)(H,84,85,86)(H,87,88,89). The van der Waals surface area contributed by atoms with Crippen LogP contribution < -0.4 is 5.73 Å². The molecule has 0 aliphatic heterocycles. The SMILES string of the molecule is Nc1c(N=Nc2ccc3c(O)c(N=Nc4ccc5c(O)c(N=Nc6ccc(N=Nc7ccc(S(=O)(=O)O)cc7)cc6S(=O)(=O)O)c(S(=O)(=O)O)cc5c4)c(S(=O)(=O)O)cc3c2S(=O)(=O)O)cc(S(=O)(=O)O)c2cc(S(=O)(=O)O)c(N=Nc3ccc(S(=O)(=O)O)cc3[N+](=O)[O-])c(O)c12. The number of azo groups is 5. The monoisotopic (exact) mass is 1500 g/mol. The van der Waals surface area contributed by atoms with Crippen molar-refractivity contribution in [1.82, 2.24) is 0 Å². The second-order valence-electron chi connectivity index (χ2n) is 19.2. The molecule has 0 aliphatic rings. The Balaban J connectivity index is 1.10. The van der Waals surface area contributed by atoms with E-state index < -0.39 is 221 Å². The Morgan fingerprint density at radius 1 is 0.330 bits per heavy atom. The number of nitro benzene ring substituents is 1. The van der Waals surface area contributed by atoms with Crippen molar-refractivity contribution in [3.05, 3.63) is 125 Å². The molecule has 0 bridgehead atoms. The molecule has 506 valence electrons. The molecule has 13 N–H and O–H groups in total. The number of hydrogen-bond acceptors (Lipinski definition) is 32. The van der Waals surface area contributed by atoms with E-state index in [9.17, 15) is 129 Å². The molecule has 9 rings (SSSR count). The largest absolute Gasteiger partial charge is 0.505 e. The molecule has 0 aromatic heterocycles. The summed E-state index contributed by atoms with van der Waals surface area (Å²) >= 11 is 0. The molecular weight excluding hydrogens is 1470 g/mol.